The second-order valence-corrected chi connectivity index (χ2v) is 5.71. The summed E-state index contributed by atoms with van der Waals surface area (Å²) < 4.78 is 0. The molecule has 0 aromatic heterocycles. The first kappa shape index (κ1) is 13.2. The smallest absolute Gasteiger partial charge is 0.0629 e. The summed E-state index contributed by atoms with van der Waals surface area (Å²) in [6.07, 6.45) is 2.54. The Morgan fingerprint density at radius 2 is 1.94 bits per heavy atom. The lowest BCUT2D eigenvalue weighted by atomic mass is 9.95. The zero-order valence-corrected chi connectivity index (χ0v) is 11.8. The maximum atomic E-state index is 6.12. The molecule has 1 aliphatic rings. The molecule has 1 aromatic rings. The lowest BCUT2D eigenvalue weighted by molar-refractivity contribution is 0.285. The maximum absolute atomic E-state index is 6.12. The molecule has 0 aliphatic carbocycles. The van der Waals surface area contributed by atoms with Crippen LogP contribution in [0, 0.1) is 12.8 Å². The van der Waals surface area contributed by atoms with Gasteiger partial charge in [-0.3, -0.25) is 0 Å². The van der Waals surface area contributed by atoms with Gasteiger partial charge in [0.25, 0.3) is 0 Å². The van der Waals surface area contributed by atoms with Crippen molar-refractivity contribution in [2.75, 3.05) is 44.4 Å². The van der Waals surface area contributed by atoms with E-state index in [-0.39, 0.29) is 0 Å². The van der Waals surface area contributed by atoms with E-state index in [4.69, 9.17) is 5.73 Å². The first-order valence-electron chi connectivity index (χ1n) is 6.82. The van der Waals surface area contributed by atoms with Crippen LogP contribution in [0.15, 0.2) is 18.2 Å². The Morgan fingerprint density at radius 1 is 1.28 bits per heavy atom. The number of aryl methyl sites for hydroxylation is 1. The van der Waals surface area contributed by atoms with Crippen LogP contribution < -0.4 is 10.6 Å². The Bertz CT molecular complexity index is 372. The number of benzene rings is 1. The molecule has 0 saturated carbocycles. The summed E-state index contributed by atoms with van der Waals surface area (Å²) >= 11 is 0. The summed E-state index contributed by atoms with van der Waals surface area (Å²) in [5, 5.41) is 0. The van der Waals surface area contributed by atoms with Crippen LogP contribution in [0.4, 0.5) is 11.4 Å². The fourth-order valence-electron chi connectivity index (χ4n) is 2.97. The minimum atomic E-state index is 0.835. The molecule has 0 radical (unpaired) electrons. The monoisotopic (exact) mass is 247 g/mol. The van der Waals surface area contributed by atoms with Crippen molar-refractivity contribution < 1.29 is 0 Å². The third-order valence-electron chi connectivity index (χ3n) is 3.82. The minimum Gasteiger partial charge on any atom is -0.397 e. The number of hydrogen-bond donors (Lipinski definition) is 1. The van der Waals surface area contributed by atoms with E-state index in [9.17, 15) is 0 Å². The predicted octanol–water partition coefficient (Wildman–Crippen LogP) is 2.36. The molecule has 0 amide bonds. The molecule has 2 rings (SSSR count). The zero-order valence-electron chi connectivity index (χ0n) is 11.8. The third kappa shape index (κ3) is 2.96. The van der Waals surface area contributed by atoms with E-state index in [0.29, 0.717) is 0 Å². The largest absolute Gasteiger partial charge is 0.397 e. The SMILES string of the molecule is Cc1cccc(N)c1N1CCC(CN(C)C)CC1. The minimum absolute atomic E-state index is 0.835. The fraction of sp³-hybridized carbons (Fsp3) is 0.600. The predicted molar refractivity (Wildman–Crippen MR) is 79.1 cm³/mol. The molecule has 2 N–H and O–H groups in total. The van der Waals surface area contributed by atoms with E-state index >= 15 is 0 Å². The molecule has 0 bridgehead atoms. The molecule has 1 aromatic carbocycles. The number of hydrogen-bond acceptors (Lipinski definition) is 3. The molecule has 1 heterocycles. The summed E-state index contributed by atoms with van der Waals surface area (Å²) in [5.74, 6) is 0.835. The van der Waals surface area contributed by atoms with Crippen LogP contribution in [-0.2, 0) is 0 Å². The van der Waals surface area contributed by atoms with Gasteiger partial charge >= 0.3 is 0 Å². The topological polar surface area (TPSA) is 32.5 Å². The highest BCUT2D eigenvalue weighted by molar-refractivity contribution is 5.71. The number of nitrogens with two attached hydrogens (primary N) is 1. The average Bonchev–Trinajstić information content (AvgIpc) is 2.30. The molecule has 0 unspecified atom stereocenters. The second kappa shape index (κ2) is 5.61. The summed E-state index contributed by atoms with van der Waals surface area (Å²) in [7, 11) is 4.32. The van der Waals surface area contributed by atoms with Gasteiger partial charge in [0.2, 0.25) is 0 Å². The van der Waals surface area contributed by atoms with Crippen molar-refractivity contribution in [3.05, 3.63) is 23.8 Å². The fourth-order valence-corrected chi connectivity index (χ4v) is 2.97. The first-order valence-corrected chi connectivity index (χ1v) is 6.82. The van der Waals surface area contributed by atoms with Crippen LogP contribution in [0.5, 0.6) is 0 Å². The summed E-state index contributed by atoms with van der Waals surface area (Å²) in [6, 6.07) is 6.19. The molecule has 3 heteroatoms. The van der Waals surface area contributed by atoms with Gasteiger partial charge in [-0.2, -0.15) is 0 Å². The highest BCUT2D eigenvalue weighted by Gasteiger charge is 2.21. The van der Waals surface area contributed by atoms with Crippen molar-refractivity contribution >= 4 is 11.4 Å². The molecule has 1 aliphatic heterocycles. The number of para-hydroxylation sites is 1. The van der Waals surface area contributed by atoms with Gasteiger partial charge < -0.3 is 15.5 Å². The molecule has 100 valence electrons. The van der Waals surface area contributed by atoms with Gasteiger partial charge in [-0.05, 0) is 51.4 Å². The van der Waals surface area contributed by atoms with Gasteiger partial charge in [0.05, 0.1) is 11.4 Å². The van der Waals surface area contributed by atoms with Gasteiger partial charge in [0, 0.05) is 19.6 Å². The van der Waals surface area contributed by atoms with Gasteiger partial charge in [-0.25, -0.2) is 0 Å². The first-order chi connectivity index (χ1) is 8.58. The lowest BCUT2D eigenvalue weighted by Gasteiger charge is -2.36. The average molecular weight is 247 g/mol. The molecular formula is C15H25N3. The Labute approximate surface area is 111 Å². The molecule has 1 saturated heterocycles. The van der Waals surface area contributed by atoms with Crippen LogP contribution in [0.2, 0.25) is 0 Å². The van der Waals surface area contributed by atoms with Gasteiger partial charge in [-0.1, -0.05) is 12.1 Å². The Morgan fingerprint density at radius 3 is 2.50 bits per heavy atom. The second-order valence-electron chi connectivity index (χ2n) is 5.71. The quantitative estimate of drug-likeness (QED) is 0.832. The van der Waals surface area contributed by atoms with E-state index in [1.807, 2.05) is 12.1 Å². The van der Waals surface area contributed by atoms with E-state index in [2.05, 4.69) is 36.9 Å². The highest BCUT2D eigenvalue weighted by Crippen LogP contribution is 2.31. The molecule has 1 fully saturated rings. The normalized spacial score (nSPS) is 17.4. The zero-order chi connectivity index (χ0) is 13.1. The van der Waals surface area contributed by atoms with E-state index in [0.717, 1.165) is 24.7 Å². The third-order valence-corrected chi connectivity index (χ3v) is 3.82. The van der Waals surface area contributed by atoms with Crippen LogP contribution in [0.25, 0.3) is 0 Å². The van der Waals surface area contributed by atoms with Crippen molar-refractivity contribution in [2.45, 2.75) is 19.8 Å². The molecule has 0 atom stereocenters. The number of anilines is 2. The molecular weight excluding hydrogens is 222 g/mol. The highest BCUT2D eigenvalue weighted by atomic mass is 15.2. The lowest BCUT2D eigenvalue weighted by Crippen LogP contribution is -2.37. The van der Waals surface area contributed by atoms with Crippen molar-refractivity contribution in [2.24, 2.45) is 5.92 Å². The number of piperidine rings is 1. The summed E-state index contributed by atoms with van der Waals surface area (Å²) in [5.41, 5.74) is 9.58. The van der Waals surface area contributed by atoms with Crippen molar-refractivity contribution in [3.63, 3.8) is 0 Å². The summed E-state index contributed by atoms with van der Waals surface area (Å²) in [6.45, 7) is 5.62. The van der Waals surface area contributed by atoms with Crippen molar-refractivity contribution in [3.8, 4) is 0 Å². The Kier molecular flexibility index (Phi) is 4.12. The molecule has 18 heavy (non-hydrogen) atoms. The maximum Gasteiger partial charge on any atom is 0.0629 e. The molecule has 0 spiro atoms. The Balaban J connectivity index is 2.01. The Hall–Kier alpha value is -1.22. The van der Waals surface area contributed by atoms with Crippen molar-refractivity contribution in [1.82, 2.24) is 4.90 Å². The standard InChI is InChI=1S/C15H25N3/c1-12-5-4-6-14(16)15(12)18-9-7-13(8-10-18)11-17(2)3/h4-6,13H,7-11,16H2,1-3H3. The number of rotatable bonds is 3. The van der Waals surface area contributed by atoms with Gasteiger partial charge in [-0.15, -0.1) is 0 Å². The van der Waals surface area contributed by atoms with Crippen molar-refractivity contribution in [1.29, 1.82) is 0 Å². The summed E-state index contributed by atoms with van der Waals surface area (Å²) in [4.78, 5) is 4.75. The number of nitrogen functional groups attached to an aromatic ring is 1. The van der Waals surface area contributed by atoms with Crippen LogP contribution in [-0.4, -0.2) is 38.6 Å². The van der Waals surface area contributed by atoms with Crippen LogP contribution in [0.3, 0.4) is 0 Å². The van der Waals surface area contributed by atoms with E-state index < -0.39 is 0 Å². The molecule has 3 nitrogen and oxygen atoms in total. The van der Waals surface area contributed by atoms with E-state index in [1.54, 1.807) is 0 Å². The van der Waals surface area contributed by atoms with E-state index in [1.165, 1.54) is 30.6 Å². The number of nitrogens with zero attached hydrogens (tertiary/aromatic N) is 2. The van der Waals surface area contributed by atoms with Gasteiger partial charge in [0.15, 0.2) is 0 Å². The van der Waals surface area contributed by atoms with Crippen LogP contribution in [0.1, 0.15) is 18.4 Å². The van der Waals surface area contributed by atoms with Gasteiger partial charge in [0.1, 0.15) is 0 Å². The van der Waals surface area contributed by atoms with Crippen LogP contribution >= 0.6 is 0 Å².